The normalized spacial score (nSPS) is 10.1. The molecule has 1 N–H and O–H groups in total. The lowest BCUT2D eigenvalue weighted by atomic mass is 10.2. The van der Waals surface area contributed by atoms with Crippen LogP contribution in [0.1, 0.15) is 32.8 Å². The number of rotatable bonds is 8. The van der Waals surface area contributed by atoms with E-state index in [0.717, 1.165) is 36.6 Å². The minimum atomic E-state index is 0.573. The Labute approximate surface area is 116 Å². The minimum absolute atomic E-state index is 0.573. The third-order valence-corrected chi connectivity index (χ3v) is 2.74. The molecule has 3 heteroatoms. The molecule has 0 radical (unpaired) electrons. The number of hydrogen-bond acceptors (Lipinski definition) is 3. The van der Waals surface area contributed by atoms with Crippen molar-refractivity contribution in [3.05, 3.63) is 35.4 Å². The molecule has 0 atom stereocenters. The number of nitrogens with one attached hydrogen (secondary N) is 1. The van der Waals surface area contributed by atoms with Gasteiger partial charge >= 0.3 is 0 Å². The largest absolute Gasteiger partial charge is 0.493 e. The van der Waals surface area contributed by atoms with Crippen molar-refractivity contribution in [3.63, 3.8) is 0 Å². The van der Waals surface area contributed by atoms with Crippen LogP contribution in [0.25, 0.3) is 0 Å². The smallest absolute Gasteiger partial charge is 0.166 e. The third-order valence-electron chi connectivity index (χ3n) is 2.74. The van der Waals surface area contributed by atoms with Crippen LogP contribution in [0.2, 0.25) is 0 Å². The Hall–Kier alpha value is -1.48. The van der Waals surface area contributed by atoms with E-state index >= 15 is 0 Å². The topological polar surface area (TPSA) is 30.5 Å². The number of allylic oxidation sites excluding steroid dienone is 1. The summed E-state index contributed by atoms with van der Waals surface area (Å²) in [4.78, 5) is 0. The van der Waals surface area contributed by atoms with Crippen molar-refractivity contribution in [2.75, 3.05) is 20.3 Å². The zero-order valence-corrected chi connectivity index (χ0v) is 12.5. The molecule has 0 aliphatic rings. The van der Waals surface area contributed by atoms with Gasteiger partial charge in [-0.15, -0.1) is 0 Å². The lowest BCUT2D eigenvalue weighted by molar-refractivity contribution is 0.321. The maximum absolute atomic E-state index is 5.86. The molecule has 0 aromatic heterocycles. The maximum Gasteiger partial charge on any atom is 0.166 e. The SMILES string of the molecule is CCCNCc1cccc(OC)c1OCC=C(C)C. The van der Waals surface area contributed by atoms with Crippen molar-refractivity contribution in [2.45, 2.75) is 33.7 Å². The molecule has 0 spiro atoms. The van der Waals surface area contributed by atoms with Gasteiger partial charge in [0.05, 0.1) is 7.11 Å². The molecule has 0 unspecified atom stereocenters. The summed E-state index contributed by atoms with van der Waals surface area (Å²) in [6, 6.07) is 6.00. The van der Waals surface area contributed by atoms with Crippen LogP contribution in [0.15, 0.2) is 29.8 Å². The van der Waals surface area contributed by atoms with Gasteiger partial charge in [0.15, 0.2) is 11.5 Å². The van der Waals surface area contributed by atoms with Gasteiger partial charge in [-0.1, -0.05) is 24.6 Å². The Morgan fingerprint density at radius 3 is 2.74 bits per heavy atom. The van der Waals surface area contributed by atoms with Gasteiger partial charge in [-0.25, -0.2) is 0 Å². The number of benzene rings is 1. The zero-order chi connectivity index (χ0) is 14.1. The van der Waals surface area contributed by atoms with E-state index in [4.69, 9.17) is 9.47 Å². The molecular weight excluding hydrogens is 238 g/mol. The molecule has 0 saturated carbocycles. The Kier molecular flexibility index (Phi) is 7.04. The predicted octanol–water partition coefficient (Wildman–Crippen LogP) is 3.54. The summed E-state index contributed by atoms with van der Waals surface area (Å²) in [5.41, 5.74) is 2.38. The number of methoxy groups -OCH3 is 1. The molecule has 1 aromatic carbocycles. The highest BCUT2D eigenvalue weighted by atomic mass is 16.5. The van der Waals surface area contributed by atoms with Gasteiger partial charge in [-0.05, 0) is 39.0 Å². The van der Waals surface area contributed by atoms with Crippen LogP contribution in [0, 0.1) is 0 Å². The molecule has 0 amide bonds. The highest BCUT2D eigenvalue weighted by Crippen LogP contribution is 2.31. The molecule has 1 rings (SSSR count). The van der Waals surface area contributed by atoms with Crippen LogP contribution in [0.3, 0.4) is 0 Å². The number of ether oxygens (including phenoxy) is 2. The molecule has 3 nitrogen and oxygen atoms in total. The van der Waals surface area contributed by atoms with E-state index in [1.165, 1.54) is 5.57 Å². The quantitative estimate of drug-likeness (QED) is 0.575. The summed E-state index contributed by atoms with van der Waals surface area (Å²) >= 11 is 0. The van der Waals surface area contributed by atoms with Crippen molar-refractivity contribution in [1.29, 1.82) is 0 Å². The summed E-state index contributed by atoms with van der Waals surface area (Å²) in [7, 11) is 1.67. The highest BCUT2D eigenvalue weighted by molar-refractivity contribution is 5.46. The summed E-state index contributed by atoms with van der Waals surface area (Å²) in [5, 5.41) is 3.39. The van der Waals surface area contributed by atoms with Crippen LogP contribution in [-0.4, -0.2) is 20.3 Å². The summed E-state index contributed by atoms with van der Waals surface area (Å²) < 4.78 is 11.2. The van der Waals surface area contributed by atoms with E-state index < -0.39 is 0 Å². The van der Waals surface area contributed by atoms with Crippen molar-refractivity contribution in [3.8, 4) is 11.5 Å². The highest BCUT2D eigenvalue weighted by Gasteiger charge is 2.09. The average molecular weight is 263 g/mol. The fourth-order valence-corrected chi connectivity index (χ4v) is 1.72. The first kappa shape index (κ1) is 15.6. The second-order valence-corrected chi connectivity index (χ2v) is 4.72. The Balaban J connectivity index is 2.80. The summed E-state index contributed by atoms with van der Waals surface area (Å²) in [6.45, 7) is 8.67. The summed E-state index contributed by atoms with van der Waals surface area (Å²) in [6.07, 6.45) is 3.19. The van der Waals surface area contributed by atoms with E-state index in [9.17, 15) is 0 Å². The van der Waals surface area contributed by atoms with Crippen LogP contribution >= 0.6 is 0 Å². The van der Waals surface area contributed by atoms with Crippen molar-refractivity contribution < 1.29 is 9.47 Å². The van der Waals surface area contributed by atoms with Gasteiger partial charge in [-0.2, -0.15) is 0 Å². The van der Waals surface area contributed by atoms with Gasteiger partial charge < -0.3 is 14.8 Å². The molecule has 0 saturated heterocycles. The Morgan fingerprint density at radius 2 is 2.11 bits per heavy atom. The van der Waals surface area contributed by atoms with E-state index in [1.807, 2.05) is 12.1 Å². The fraction of sp³-hybridized carbons (Fsp3) is 0.500. The molecule has 1 aromatic rings. The molecular formula is C16H25NO2. The Morgan fingerprint density at radius 1 is 1.32 bits per heavy atom. The lowest BCUT2D eigenvalue weighted by Gasteiger charge is -2.14. The monoisotopic (exact) mass is 263 g/mol. The van der Waals surface area contributed by atoms with Crippen molar-refractivity contribution >= 4 is 0 Å². The van der Waals surface area contributed by atoms with Gasteiger partial charge in [0.1, 0.15) is 6.61 Å². The zero-order valence-electron chi connectivity index (χ0n) is 12.5. The fourth-order valence-electron chi connectivity index (χ4n) is 1.72. The molecule has 106 valence electrons. The Bertz CT molecular complexity index is 409. The van der Waals surface area contributed by atoms with Crippen LogP contribution in [0.5, 0.6) is 11.5 Å². The lowest BCUT2D eigenvalue weighted by Crippen LogP contribution is -2.15. The van der Waals surface area contributed by atoms with Gasteiger partial charge in [0, 0.05) is 12.1 Å². The molecule has 0 bridgehead atoms. The van der Waals surface area contributed by atoms with Gasteiger partial charge in [0.2, 0.25) is 0 Å². The molecule has 0 heterocycles. The second-order valence-electron chi connectivity index (χ2n) is 4.72. The first-order chi connectivity index (χ1) is 9.19. The standard InChI is InChI=1S/C16H25NO2/c1-5-10-17-12-14-7-6-8-15(18-4)16(14)19-11-9-13(2)3/h6-9,17H,5,10-12H2,1-4H3. The third kappa shape index (κ3) is 5.35. The van der Waals surface area contributed by atoms with Gasteiger partial charge in [0.25, 0.3) is 0 Å². The average Bonchev–Trinajstić information content (AvgIpc) is 2.40. The van der Waals surface area contributed by atoms with E-state index in [0.29, 0.717) is 6.61 Å². The second kappa shape index (κ2) is 8.59. The minimum Gasteiger partial charge on any atom is -0.493 e. The maximum atomic E-state index is 5.86. The van der Waals surface area contributed by atoms with Crippen LogP contribution in [0.4, 0.5) is 0 Å². The van der Waals surface area contributed by atoms with Crippen molar-refractivity contribution in [2.24, 2.45) is 0 Å². The molecule has 19 heavy (non-hydrogen) atoms. The number of hydrogen-bond donors (Lipinski definition) is 1. The molecule has 0 aliphatic heterocycles. The van der Waals surface area contributed by atoms with E-state index in [2.05, 4.69) is 38.2 Å². The van der Waals surface area contributed by atoms with E-state index in [-0.39, 0.29) is 0 Å². The molecule has 0 aliphatic carbocycles. The number of para-hydroxylation sites is 1. The first-order valence-electron chi connectivity index (χ1n) is 6.81. The summed E-state index contributed by atoms with van der Waals surface area (Å²) in [5.74, 6) is 1.63. The van der Waals surface area contributed by atoms with Crippen LogP contribution in [-0.2, 0) is 6.54 Å². The molecule has 0 fully saturated rings. The predicted molar refractivity (Wildman–Crippen MR) is 79.9 cm³/mol. The first-order valence-corrected chi connectivity index (χ1v) is 6.81. The van der Waals surface area contributed by atoms with E-state index in [1.54, 1.807) is 7.11 Å². The van der Waals surface area contributed by atoms with Crippen LogP contribution < -0.4 is 14.8 Å². The van der Waals surface area contributed by atoms with Crippen molar-refractivity contribution in [1.82, 2.24) is 5.32 Å². The van der Waals surface area contributed by atoms with Gasteiger partial charge in [-0.3, -0.25) is 0 Å².